The zero-order chi connectivity index (χ0) is 14.5. The van der Waals surface area contributed by atoms with Gasteiger partial charge < -0.3 is 16.0 Å². The normalized spacial score (nSPS) is 11.2. The summed E-state index contributed by atoms with van der Waals surface area (Å²) in [6.07, 6.45) is 3.22. The molecule has 0 aliphatic heterocycles. The van der Waals surface area contributed by atoms with Gasteiger partial charge in [0.1, 0.15) is 5.82 Å². The van der Waals surface area contributed by atoms with Crippen LogP contribution in [0.2, 0.25) is 0 Å². The number of hydrogen-bond donors (Lipinski definition) is 2. The largest absolute Gasteiger partial charge is 0.363 e. The Morgan fingerprint density at radius 1 is 1.37 bits per heavy atom. The fourth-order valence-corrected chi connectivity index (χ4v) is 1.86. The van der Waals surface area contributed by atoms with Crippen LogP contribution in [0.4, 0.5) is 5.82 Å². The molecule has 1 rings (SSSR count). The van der Waals surface area contributed by atoms with Crippen LogP contribution in [-0.4, -0.2) is 37.1 Å². The smallest absolute Gasteiger partial charge is 0.253 e. The molecule has 0 spiro atoms. The Balaban J connectivity index is 2.83. The Bertz CT molecular complexity index is 402. The highest BCUT2D eigenvalue weighted by Gasteiger charge is 2.26. The molecule has 0 aliphatic rings. The molecule has 0 atom stereocenters. The second-order valence-electron chi connectivity index (χ2n) is 4.95. The third kappa shape index (κ3) is 3.67. The number of carbonyl (C=O) groups is 1. The second-order valence-corrected chi connectivity index (χ2v) is 4.95. The molecule has 1 aromatic rings. The highest BCUT2D eigenvalue weighted by Crippen LogP contribution is 2.15. The average molecular weight is 264 g/mol. The number of nitrogens with zero attached hydrogens (tertiary/aromatic N) is 2. The van der Waals surface area contributed by atoms with Gasteiger partial charge in [-0.3, -0.25) is 4.79 Å². The van der Waals surface area contributed by atoms with Gasteiger partial charge in [-0.25, -0.2) is 4.98 Å². The third-order valence-corrected chi connectivity index (χ3v) is 3.59. The molecule has 0 fully saturated rings. The summed E-state index contributed by atoms with van der Waals surface area (Å²) in [6.45, 7) is 4.50. The van der Waals surface area contributed by atoms with Gasteiger partial charge in [0.05, 0.1) is 11.1 Å². The maximum absolute atomic E-state index is 12.2. The van der Waals surface area contributed by atoms with Gasteiger partial charge in [-0.1, -0.05) is 13.8 Å². The highest BCUT2D eigenvalue weighted by atomic mass is 16.1. The molecule has 0 radical (unpaired) electrons. The minimum atomic E-state index is -0.322. The maximum Gasteiger partial charge on any atom is 0.253 e. The van der Waals surface area contributed by atoms with Crippen molar-refractivity contribution in [1.82, 2.24) is 10.3 Å². The molecule has 0 saturated heterocycles. The van der Waals surface area contributed by atoms with E-state index in [4.69, 9.17) is 5.73 Å². The summed E-state index contributed by atoms with van der Waals surface area (Å²) in [5.41, 5.74) is 6.02. The average Bonchev–Trinajstić information content (AvgIpc) is 2.45. The van der Waals surface area contributed by atoms with Crippen LogP contribution in [0.5, 0.6) is 0 Å². The van der Waals surface area contributed by atoms with Crippen LogP contribution in [0.25, 0.3) is 0 Å². The van der Waals surface area contributed by atoms with Crippen molar-refractivity contribution in [3.8, 4) is 0 Å². The van der Waals surface area contributed by atoms with Crippen molar-refractivity contribution in [3.05, 3.63) is 23.9 Å². The minimum absolute atomic E-state index is 0.119. The Morgan fingerprint density at radius 2 is 2.00 bits per heavy atom. The van der Waals surface area contributed by atoms with Crippen molar-refractivity contribution in [1.29, 1.82) is 0 Å². The van der Waals surface area contributed by atoms with Crippen LogP contribution in [-0.2, 0) is 0 Å². The topological polar surface area (TPSA) is 71.2 Å². The van der Waals surface area contributed by atoms with Gasteiger partial charge in [0, 0.05) is 26.8 Å². The van der Waals surface area contributed by atoms with Crippen molar-refractivity contribution < 1.29 is 4.79 Å². The van der Waals surface area contributed by atoms with Crippen LogP contribution in [0.3, 0.4) is 0 Å². The molecule has 5 nitrogen and oxygen atoms in total. The molecule has 0 saturated carbocycles. The van der Waals surface area contributed by atoms with E-state index in [9.17, 15) is 4.79 Å². The quantitative estimate of drug-likeness (QED) is 0.814. The number of carbonyl (C=O) groups excluding carboxylic acids is 1. The Labute approximate surface area is 115 Å². The zero-order valence-corrected chi connectivity index (χ0v) is 12.2. The number of pyridine rings is 1. The Hall–Kier alpha value is -1.62. The first-order valence-electron chi connectivity index (χ1n) is 6.64. The van der Waals surface area contributed by atoms with E-state index in [0.29, 0.717) is 12.1 Å². The Morgan fingerprint density at radius 3 is 2.37 bits per heavy atom. The lowest BCUT2D eigenvalue weighted by atomic mass is 9.92. The third-order valence-electron chi connectivity index (χ3n) is 3.59. The van der Waals surface area contributed by atoms with E-state index in [1.54, 1.807) is 12.3 Å². The van der Waals surface area contributed by atoms with Gasteiger partial charge >= 0.3 is 0 Å². The summed E-state index contributed by atoms with van der Waals surface area (Å²) in [7, 11) is 3.82. The van der Waals surface area contributed by atoms with E-state index >= 15 is 0 Å². The lowest BCUT2D eigenvalue weighted by Gasteiger charge is -2.31. The summed E-state index contributed by atoms with van der Waals surface area (Å²) in [5, 5.41) is 3.03. The maximum atomic E-state index is 12.2. The fourth-order valence-electron chi connectivity index (χ4n) is 1.86. The van der Waals surface area contributed by atoms with Gasteiger partial charge in [-0.05, 0) is 25.0 Å². The van der Waals surface area contributed by atoms with E-state index in [-0.39, 0.29) is 11.4 Å². The molecular formula is C14H24N4O. The van der Waals surface area contributed by atoms with E-state index in [1.165, 1.54) is 0 Å². The van der Waals surface area contributed by atoms with Crippen molar-refractivity contribution in [3.63, 3.8) is 0 Å². The molecule has 1 amide bonds. The first-order chi connectivity index (χ1) is 8.98. The molecule has 5 heteroatoms. The van der Waals surface area contributed by atoms with E-state index in [0.717, 1.165) is 18.7 Å². The van der Waals surface area contributed by atoms with Gasteiger partial charge in [0.25, 0.3) is 5.91 Å². The predicted octanol–water partition coefficient (Wildman–Crippen LogP) is 1.39. The van der Waals surface area contributed by atoms with Crippen LogP contribution in [0.15, 0.2) is 18.3 Å². The number of nitrogens with two attached hydrogens (primary N) is 1. The summed E-state index contributed by atoms with van der Waals surface area (Å²) in [4.78, 5) is 18.3. The number of aromatic nitrogens is 1. The van der Waals surface area contributed by atoms with Gasteiger partial charge in [-0.15, -0.1) is 0 Å². The Kier molecular flexibility index (Phi) is 5.30. The second kappa shape index (κ2) is 6.52. The number of anilines is 1. The molecule has 19 heavy (non-hydrogen) atoms. The predicted molar refractivity (Wildman–Crippen MR) is 78.4 cm³/mol. The van der Waals surface area contributed by atoms with Gasteiger partial charge in [-0.2, -0.15) is 0 Å². The van der Waals surface area contributed by atoms with Crippen molar-refractivity contribution in [2.75, 3.05) is 25.5 Å². The molecule has 1 aromatic heterocycles. The van der Waals surface area contributed by atoms with Crippen molar-refractivity contribution >= 4 is 11.7 Å². The van der Waals surface area contributed by atoms with E-state index < -0.39 is 0 Å². The van der Waals surface area contributed by atoms with Crippen LogP contribution in [0.1, 0.15) is 37.0 Å². The van der Waals surface area contributed by atoms with Crippen molar-refractivity contribution in [2.24, 2.45) is 5.73 Å². The zero-order valence-electron chi connectivity index (χ0n) is 12.2. The standard InChI is InChI=1S/C14H24N4O/c1-5-14(6-2,10-15)17-13(19)11-7-8-12(16-9-11)18(3)4/h7-9H,5-6,10,15H2,1-4H3,(H,17,19). The molecule has 0 bridgehead atoms. The summed E-state index contributed by atoms with van der Waals surface area (Å²) >= 11 is 0. The molecule has 106 valence electrons. The summed E-state index contributed by atoms with van der Waals surface area (Å²) < 4.78 is 0. The van der Waals surface area contributed by atoms with Gasteiger partial charge in [0.15, 0.2) is 0 Å². The molecule has 0 unspecified atom stereocenters. The van der Waals surface area contributed by atoms with Crippen LogP contribution >= 0.6 is 0 Å². The molecule has 0 aliphatic carbocycles. The molecule has 3 N–H and O–H groups in total. The fraction of sp³-hybridized carbons (Fsp3) is 0.571. The lowest BCUT2D eigenvalue weighted by molar-refractivity contribution is 0.0895. The van der Waals surface area contributed by atoms with E-state index in [1.807, 2.05) is 38.9 Å². The number of hydrogen-bond acceptors (Lipinski definition) is 4. The van der Waals surface area contributed by atoms with Crippen molar-refractivity contribution in [2.45, 2.75) is 32.2 Å². The van der Waals surface area contributed by atoms with Gasteiger partial charge in [0.2, 0.25) is 0 Å². The first kappa shape index (κ1) is 15.4. The minimum Gasteiger partial charge on any atom is -0.363 e. The molecule has 1 heterocycles. The number of rotatable bonds is 6. The monoisotopic (exact) mass is 264 g/mol. The van der Waals surface area contributed by atoms with Crippen LogP contribution in [0, 0.1) is 0 Å². The SMILES string of the molecule is CCC(CC)(CN)NC(=O)c1ccc(N(C)C)nc1. The van der Waals surface area contributed by atoms with E-state index in [2.05, 4.69) is 10.3 Å². The number of nitrogens with one attached hydrogen (secondary N) is 1. The highest BCUT2D eigenvalue weighted by molar-refractivity contribution is 5.94. The lowest BCUT2D eigenvalue weighted by Crippen LogP contribution is -2.52. The molecule has 0 aromatic carbocycles. The summed E-state index contributed by atoms with van der Waals surface area (Å²) in [5.74, 6) is 0.708. The molecular weight excluding hydrogens is 240 g/mol. The van der Waals surface area contributed by atoms with Crippen LogP contribution < -0.4 is 16.0 Å². The summed E-state index contributed by atoms with van der Waals surface area (Å²) in [6, 6.07) is 3.61. The number of amides is 1. The first-order valence-corrected chi connectivity index (χ1v) is 6.64.